The molecule has 3 aromatic rings. The lowest BCUT2D eigenvalue weighted by atomic mass is 9.94. The molecule has 34 heavy (non-hydrogen) atoms. The van der Waals surface area contributed by atoms with Gasteiger partial charge in [0.2, 0.25) is 5.91 Å². The molecule has 2 heterocycles. The molecule has 0 aliphatic heterocycles. The van der Waals surface area contributed by atoms with Crippen LogP contribution in [0.1, 0.15) is 65.5 Å². The van der Waals surface area contributed by atoms with Crippen LogP contribution < -0.4 is 5.32 Å². The van der Waals surface area contributed by atoms with E-state index in [-0.39, 0.29) is 30.0 Å². The fraction of sp³-hybridized carbons (Fsp3) is 0.400. The predicted octanol–water partition coefficient (Wildman–Crippen LogP) is 3.49. The van der Waals surface area contributed by atoms with Gasteiger partial charge in [-0.1, -0.05) is 31.4 Å². The number of hydrogen-bond acceptors (Lipinski definition) is 5. The van der Waals surface area contributed by atoms with Crippen molar-refractivity contribution in [1.82, 2.24) is 30.0 Å². The number of rotatable bonds is 7. The lowest BCUT2D eigenvalue weighted by Gasteiger charge is -2.33. The summed E-state index contributed by atoms with van der Waals surface area (Å²) in [6.45, 7) is 1.91. The minimum Gasteiger partial charge on any atom is -0.351 e. The third kappa shape index (κ3) is 5.47. The maximum absolute atomic E-state index is 13.8. The summed E-state index contributed by atoms with van der Waals surface area (Å²) in [5.74, 6) is -1.07. The van der Waals surface area contributed by atoms with Crippen LogP contribution in [-0.2, 0) is 18.4 Å². The van der Waals surface area contributed by atoms with Gasteiger partial charge in [-0.05, 0) is 37.5 Å². The topological polar surface area (TPSA) is 93.0 Å². The molecule has 1 aromatic carbocycles. The number of nitrogens with one attached hydrogen (secondary N) is 1. The van der Waals surface area contributed by atoms with E-state index in [1.165, 1.54) is 42.0 Å². The lowest BCUT2D eigenvalue weighted by Crippen LogP contribution is -2.47. The number of carbonyl (C=O) groups is 2. The Morgan fingerprint density at radius 1 is 1.18 bits per heavy atom. The normalized spacial score (nSPS) is 15.0. The predicted molar refractivity (Wildman–Crippen MR) is 124 cm³/mol. The molecule has 2 amide bonds. The van der Waals surface area contributed by atoms with Gasteiger partial charge >= 0.3 is 0 Å². The van der Waals surface area contributed by atoms with Gasteiger partial charge in [0.1, 0.15) is 17.6 Å². The number of hydrogen-bond donors (Lipinski definition) is 1. The molecule has 1 fully saturated rings. The molecular weight excluding hydrogens is 435 g/mol. The molecule has 1 aliphatic carbocycles. The Balaban J connectivity index is 1.75. The maximum atomic E-state index is 13.8. The molecular formula is C25H29FN6O2. The van der Waals surface area contributed by atoms with Crippen LogP contribution in [0.2, 0.25) is 0 Å². The lowest BCUT2D eigenvalue weighted by molar-refractivity contribution is -0.127. The van der Waals surface area contributed by atoms with Gasteiger partial charge in [-0.2, -0.15) is 5.10 Å². The Morgan fingerprint density at radius 2 is 1.91 bits per heavy atom. The van der Waals surface area contributed by atoms with E-state index in [1.807, 2.05) is 6.92 Å². The second kappa shape index (κ2) is 10.5. The van der Waals surface area contributed by atoms with Gasteiger partial charge in [0.15, 0.2) is 0 Å². The highest BCUT2D eigenvalue weighted by molar-refractivity contribution is 5.96. The number of carbonyl (C=O) groups excluding carboxylic acids is 2. The summed E-state index contributed by atoms with van der Waals surface area (Å²) in [5.41, 5.74) is 2.11. The van der Waals surface area contributed by atoms with Crippen molar-refractivity contribution >= 4 is 11.8 Å². The van der Waals surface area contributed by atoms with Crippen LogP contribution in [0, 0.1) is 12.7 Å². The molecule has 9 heteroatoms. The van der Waals surface area contributed by atoms with Gasteiger partial charge in [-0.15, -0.1) is 0 Å². The highest BCUT2D eigenvalue weighted by atomic mass is 19.1. The van der Waals surface area contributed by atoms with Crippen LogP contribution in [-0.4, -0.2) is 42.5 Å². The molecule has 4 rings (SSSR count). The standard InChI is InChI=1S/C25H29FN6O2/c1-17-21(16-31(2)30-17)23(24(33)29-20-6-4-3-5-7-20)32(15-18-8-10-19(26)11-9-18)25(34)22-14-27-12-13-28-22/h8-14,16,20,23H,3-7,15H2,1-2H3,(H,29,33)/t23-/m1/s1. The molecule has 1 aliphatic rings. The minimum atomic E-state index is -0.935. The Bertz CT molecular complexity index is 1130. The molecule has 1 N–H and O–H groups in total. The van der Waals surface area contributed by atoms with Crippen molar-refractivity contribution in [2.45, 2.75) is 57.7 Å². The van der Waals surface area contributed by atoms with Crippen LogP contribution in [0.15, 0.2) is 49.1 Å². The van der Waals surface area contributed by atoms with E-state index in [0.717, 1.165) is 25.7 Å². The van der Waals surface area contributed by atoms with Gasteiger partial charge < -0.3 is 10.2 Å². The number of nitrogens with zero attached hydrogens (tertiary/aromatic N) is 5. The second-order valence-corrected chi connectivity index (χ2v) is 8.74. The van der Waals surface area contributed by atoms with E-state index < -0.39 is 11.9 Å². The fourth-order valence-electron chi connectivity index (χ4n) is 4.49. The van der Waals surface area contributed by atoms with E-state index >= 15 is 0 Å². The van der Waals surface area contributed by atoms with Crippen LogP contribution >= 0.6 is 0 Å². The number of amides is 2. The van der Waals surface area contributed by atoms with Crippen molar-refractivity contribution in [3.63, 3.8) is 0 Å². The maximum Gasteiger partial charge on any atom is 0.275 e. The molecule has 0 radical (unpaired) electrons. The molecule has 1 saturated carbocycles. The molecule has 0 spiro atoms. The van der Waals surface area contributed by atoms with Gasteiger partial charge in [0, 0.05) is 43.8 Å². The van der Waals surface area contributed by atoms with Crippen LogP contribution in [0.5, 0.6) is 0 Å². The molecule has 1 atom stereocenters. The third-order valence-electron chi connectivity index (χ3n) is 6.17. The first-order valence-electron chi connectivity index (χ1n) is 11.5. The fourth-order valence-corrected chi connectivity index (χ4v) is 4.49. The van der Waals surface area contributed by atoms with E-state index in [0.29, 0.717) is 16.8 Å². The zero-order valence-electron chi connectivity index (χ0n) is 19.4. The zero-order valence-corrected chi connectivity index (χ0v) is 19.4. The quantitative estimate of drug-likeness (QED) is 0.578. The number of aryl methyl sites for hydroxylation is 2. The van der Waals surface area contributed by atoms with E-state index in [9.17, 15) is 14.0 Å². The van der Waals surface area contributed by atoms with E-state index in [2.05, 4.69) is 20.4 Å². The summed E-state index contributed by atoms with van der Waals surface area (Å²) >= 11 is 0. The summed E-state index contributed by atoms with van der Waals surface area (Å²) < 4.78 is 15.2. The summed E-state index contributed by atoms with van der Waals surface area (Å²) in [7, 11) is 1.78. The largest absolute Gasteiger partial charge is 0.351 e. The van der Waals surface area contributed by atoms with Crippen LogP contribution in [0.25, 0.3) is 0 Å². The first-order chi connectivity index (χ1) is 16.4. The SMILES string of the molecule is Cc1nn(C)cc1[C@H](C(=O)NC1CCCCC1)N(Cc1ccc(F)cc1)C(=O)c1cnccn1. The van der Waals surface area contributed by atoms with Crippen molar-refractivity contribution in [3.05, 3.63) is 77.4 Å². The first-order valence-corrected chi connectivity index (χ1v) is 11.5. The minimum absolute atomic E-state index is 0.0695. The average Bonchev–Trinajstić information content (AvgIpc) is 3.18. The third-order valence-corrected chi connectivity index (χ3v) is 6.17. The first kappa shape index (κ1) is 23.5. The van der Waals surface area contributed by atoms with Gasteiger partial charge in [-0.25, -0.2) is 9.37 Å². The number of halogens is 1. The highest BCUT2D eigenvalue weighted by Crippen LogP contribution is 2.28. The van der Waals surface area contributed by atoms with Crippen molar-refractivity contribution in [2.24, 2.45) is 7.05 Å². The second-order valence-electron chi connectivity index (χ2n) is 8.74. The van der Waals surface area contributed by atoms with E-state index in [1.54, 1.807) is 30.1 Å². The molecule has 0 saturated heterocycles. The van der Waals surface area contributed by atoms with Crippen molar-refractivity contribution in [2.75, 3.05) is 0 Å². The summed E-state index contributed by atoms with van der Waals surface area (Å²) in [5, 5.41) is 7.59. The Labute approximate surface area is 198 Å². The van der Waals surface area contributed by atoms with Crippen molar-refractivity contribution in [3.8, 4) is 0 Å². The molecule has 2 aromatic heterocycles. The summed E-state index contributed by atoms with van der Waals surface area (Å²) in [6.07, 6.45) is 11.2. The molecule has 0 bridgehead atoms. The zero-order chi connectivity index (χ0) is 24.1. The number of benzene rings is 1. The Morgan fingerprint density at radius 3 is 2.53 bits per heavy atom. The molecule has 178 valence electrons. The Kier molecular flexibility index (Phi) is 7.30. The summed E-state index contributed by atoms with van der Waals surface area (Å²) in [6, 6.07) is 5.03. The van der Waals surface area contributed by atoms with Gasteiger partial charge in [0.05, 0.1) is 11.9 Å². The van der Waals surface area contributed by atoms with Crippen LogP contribution in [0.3, 0.4) is 0 Å². The van der Waals surface area contributed by atoms with Crippen molar-refractivity contribution < 1.29 is 14.0 Å². The average molecular weight is 465 g/mol. The Hall–Kier alpha value is -3.62. The van der Waals surface area contributed by atoms with Gasteiger partial charge in [-0.3, -0.25) is 19.3 Å². The van der Waals surface area contributed by atoms with Crippen molar-refractivity contribution in [1.29, 1.82) is 0 Å². The summed E-state index contributed by atoms with van der Waals surface area (Å²) in [4.78, 5) is 37.1. The molecule has 8 nitrogen and oxygen atoms in total. The van der Waals surface area contributed by atoms with Crippen LogP contribution in [0.4, 0.5) is 4.39 Å². The smallest absolute Gasteiger partial charge is 0.275 e. The van der Waals surface area contributed by atoms with Gasteiger partial charge in [0.25, 0.3) is 5.91 Å². The van der Waals surface area contributed by atoms with E-state index in [4.69, 9.17) is 0 Å². The highest BCUT2D eigenvalue weighted by Gasteiger charge is 2.36. The number of aromatic nitrogens is 4. The molecule has 0 unspecified atom stereocenters. The monoisotopic (exact) mass is 464 g/mol.